The molecule has 0 radical (unpaired) electrons. The van der Waals surface area contributed by atoms with Gasteiger partial charge in [0, 0.05) is 6.07 Å². The molecule has 15 heavy (non-hydrogen) atoms. The molecule has 0 amide bonds. The van der Waals surface area contributed by atoms with Crippen LogP contribution in [0.25, 0.3) is 0 Å². The molecular weight excluding hydrogens is 219 g/mol. The van der Waals surface area contributed by atoms with Crippen LogP contribution >= 0.6 is 0 Å². The van der Waals surface area contributed by atoms with E-state index in [1.165, 1.54) is 0 Å². The molecule has 0 saturated heterocycles. The molecule has 1 rings (SSSR count). The molecule has 0 atom stereocenters. The van der Waals surface area contributed by atoms with Crippen molar-refractivity contribution in [2.75, 3.05) is 5.73 Å². The van der Waals surface area contributed by atoms with Crippen molar-refractivity contribution < 1.29 is 36.8 Å². The maximum Gasteiger partial charge on any atom is 1.00 e. The van der Waals surface area contributed by atoms with Gasteiger partial charge in [-0.1, -0.05) is 0 Å². The third-order valence-electron chi connectivity index (χ3n) is 1.48. The van der Waals surface area contributed by atoms with Gasteiger partial charge in [-0.25, -0.2) is 8.42 Å². The summed E-state index contributed by atoms with van der Waals surface area (Å²) in [6.07, 6.45) is 0. The van der Waals surface area contributed by atoms with Gasteiger partial charge in [-0.3, -0.25) is 10.1 Å². The average molecular weight is 224 g/mol. The van der Waals surface area contributed by atoms with Crippen molar-refractivity contribution in [3.63, 3.8) is 0 Å². The topological polar surface area (TPSA) is 126 Å². The maximum atomic E-state index is 10.5. The molecule has 0 unspecified atom stereocenters. The summed E-state index contributed by atoms with van der Waals surface area (Å²) in [6.45, 7) is 0. The first-order valence-electron chi connectivity index (χ1n) is 3.32. The monoisotopic (exact) mass is 224 g/mol. The van der Waals surface area contributed by atoms with Crippen molar-refractivity contribution in [2.45, 2.75) is 4.90 Å². The third kappa shape index (κ3) is 3.21. The van der Waals surface area contributed by atoms with Gasteiger partial charge >= 0.3 is 18.9 Å². The van der Waals surface area contributed by atoms with Crippen LogP contribution in [0, 0.1) is 10.1 Å². The largest absolute Gasteiger partial charge is 1.00 e. The minimum absolute atomic E-state index is 0. The number of nitrogen functional groups attached to an aromatic ring is 1. The molecule has 2 N–H and O–H groups in total. The normalized spacial score (nSPS) is 10.5. The molecule has 0 aliphatic heterocycles. The van der Waals surface area contributed by atoms with Crippen LogP contribution in [-0.2, 0) is 10.1 Å². The van der Waals surface area contributed by atoms with E-state index in [9.17, 15) is 23.1 Å². The molecular formula is C6H5LiN2O5S. The van der Waals surface area contributed by atoms with Crippen LogP contribution in [0.5, 0.6) is 0 Å². The molecule has 7 nitrogen and oxygen atoms in total. The maximum absolute atomic E-state index is 10.5. The van der Waals surface area contributed by atoms with E-state index in [2.05, 4.69) is 0 Å². The number of hydrogen-bond acceptors (Lipinski definition) is 6. The summed E-state index contributed by atoms with van der Waals surface area (Å²) >= 11 is 0. The Labute approximate surface area is 97.4 Å². The molecule has 0 aromatic heterocycles. The Morgan fingerprint density at radius 2 is 1.87 bits per heavy atom. The molecule has 0 bridgehead atoms. The Kier molecular flexibility index (Phi) is 4.30. The first-order valence-corrected chi connectivity index (χ1v) is 4.73. The number of nitrogens with zero attached hydrogens (tertiary/aromatic N) is 1. The van der Waals surface area contributed by atoms with Crippen LogP contribution in [0.2, 0.25) is 0 Å². The van der Waals surface area contributed by atoms with Crippen LogP contribution in [0.1, 0.15) is 0 Å². The molecule has 0 heterocycles. The SMILES string of the molecule is Nc1cc(S(=O)(=O)[O-])ccc1[N+](=O)[O-].[Li+]. The van der Waals surface area contributed by atoms with Crippen molar-refractivity contribution in [3.05, 3.63) is 28.3 Å². The van der Waals surface area contributed by atoms with Crippen molar-refractivity contribution in [1.82, 2.24) is 0 Å². The predicted octanol–water partition coefficient (Wildman–Crippen LogP) is -2.91. The number of nitro benzene ring substituents is 1. The second kappa shape index (κ2) is 4.63. The van der Waals surface area contributed by atoms with Gasteiger partial charge in [0.2, 0.25) is 0 Å². The van der Waals surface area contributed by atoms with E-state index in [4.69, 9.17) is 5.73 Å². The average Bonchev–Trinajstić information content (AvgIpc) is 2.01. The van der Waals surface area contributed by atoms with E-state index >= 15 is 0 Å². The molecule has 1 aromatic rings. The molecule has 0 aliphatic rings. The van der Waals surface area contributed by atoms with Gasteiger partial charge in [0.15, 0.2) is 0 Å². The summed E-state index contributed by atoms with van der Waals surface area (Å²) in [6, 6.07) is 2.48. The van der Waals surface area contributed by atoms with Crippen molar-refractivity contribution in [2.24, 2.45) is 0 Å². The molecule has 1 aromatic carbocycles. The van der Waals surface area contributed by atoms with E-state index in [1.54, 1.807) is 0 Å². The van der Waals surface area contributed by atoms with E-state index < -0.39 is 25.6 Å². The minimum atomic E-state index is -4.62. The molecule has 0 saturated carbocycles. The Morgan fingerprint density at radius 3 is 2.20 bits per heavy atom. The van der Waals surface area contributed by atoms with Crippen LogP contribution in [0.15, 0.2) is 23.1 Å². The van der Waals surface area contributed by atoms with Crippen LogP contribution < -0.4 is 24.6 Å². The fourth-order valence-electron chi connectivity index (χ4n) is 0.854. The molecule has 0 aliphatic carbocycles. The first-order chi connectivity index (χ1) is 6.32. The summed E-state index contributed by atoms with van der Waals surface area (Å²) in [7, 11) is -4.62. The first kappa shape index (κ1) is 13.9. The number of anilines is 1. The zero-order valence-electron chi connectivity index (χ0n) is 7.71. The number of nitro groups is 1. The number of benzene rings is 1. The van der Waals surface area contributed by atoms with Crippen molar-refractivity contribution >= 4 is 21.5 Å². The minimum Gasteiger partial charge on any atom is -0.744 e. The number of hydrogen-bond donors (Lipinski definition) is 1. The molecule has 0 fully saturated rings. The molecule has 76 valence electrons. The van der Waals surface area contributed by atoms with E-state index in [1.807, 2.05) is 0 Å². The van der Waals surface area contributed by atoms with Crippen molar-refractivity contribution in [1.29, 1.82) is 0 Å². The van der Waals surface area contributed by atoms with Gasteiger partial charge in [-0.2, -0.15) is 0 Å². The van der Waals surface area contributed by atoms with Crippen LogP contribution in [-0.4, -0.2) is 17.9 Å². The summed E-state index contributed by atoms with van der Waals surface area (Å²) < 4.78 is 31.5. The molecule has 9 heteroatoms. The zero-order chi connectivity index (χ0) is 10.9. The van der Waals surface area contributed by atoms with Crippen LogP contribution in [0.3, 0.4) is 0 Å². The Morgan fingerprint density at radius 1 is 1.33 bits per heavy atom. The van der Waals surface area contributed by atoms with Gasteiger partial charge in [-0.05, 0) is 12.1 Å². The van der Waals surface area contributed by atoms with Gasteiger partial charge in [0.25, 0.3) is 5.69 Å². The number of nitrogens with two attached hydrogens (primary N) is 1. The second-order valence-electron chi connectivity index (χ2n) is 2.43. The summed E-state index contributed by atoms with van der Waals surface area (Å²) in [5, 5.41) is 10.3. The predicted molar refractivity (Wildman–Crippen MR) is 45.5 cm³/mol. The second-order valence-corrected chi connectivity index (χ2v) is 3.81. The van der Waals surface area contributed by atoms with E-state index in [0.717, 1.165) is 18.2 Å². The van der Waals surface area contributed by atoms with Gasteiger partial charge in [0.1, 0.15) is 15.8 Å². The number of rotatable bonds is 2. The quantitative estimate of drug-likeness (QED) is 0.188. The third-order valence-corrected chi connectivity index (χ3v) is 2.32. The Hall–Kier alpha value is -1.07. The zero-order valence-corrected chi connectivity index (χ0v) is 8.52. The van der Waals surface area contributed by atoms with Crippen molar-refractivity contribution in [3.8, 4) is 0 Å². The van der Waals surface area contributed by atoms with Crippen LogP contribution in [0.4, 0.5) is 11.4 Å². The fourth-order valence-corrected chi connectivity index (χ4v) is 1.36. The Balaban J connectivity index is 0.00000196. The van der Waals surface area contributed by atoms with Gasteiger partial charge in [-0.15, -0.1) is 0 Å². The Bertz CT molecular complexity index is 486. The fraction of sp³-hybridized carbons (Fsp3) is 0. The summed E-state index contributed by atoms with van der Waals surface area (Å²) in [4.78, 5) is 8.93. The summed E-state index contributed by atoms with van der Waals surface area (Å²) in [5.41, 5.74) is 4.39. The van der Waals surface area contributed by atoms with E-state index in [-0.39, 0.29) is 24.5 Å². The molecule has 0 spiro atoms. The van der Waals surface area contributed by atoms with Gasteiger partial charge < -0.3 is 10.3 Å². The summed E-state index contributed by atoms with van der Waals surface area (Å²) in [5.74, 6) is 0. The van der Waals surface area contributed by atoms with E-state index in [0.29, 0.717) is 0 Å². The standard InChI is InChI=1S/C6H6N2O5S.Li/c7-5-3-4(14(11,12)13)1-2-6(5)8(9)10;/h1-3H,7H2,(H,11,12,13);/q;+1/p-1. The van der Waals surface area contributed by atoms with Gasteiger partial charge in [0.05, 0.1) is 9.82 Å². The smallest absolute Gasteiger partial charge is 0.744 e.